The summed E-state index contributed by atoms with van der Waals surface area (Å²) in [5.41, 5.74) is 3.93. The van der Waals surface area contributed by atoms with Crippen LogP contribution in [0.15, 0.2) is 42.0 Å². The Balaban J connectivity index is 1.21. The molecule has 7 nitrogen and oxygen atoms in total. The molecule has 10 heteroatoms. The van der Waals surface area contributed by atoms with Gasteiger partial charge < -0.3 is 15.1 Å². The Hall–Kier alpha value is -3.16. The average Bonchev–Trinajstić information content (AvgIpc) is 3.41. The van der Waals surface area contributed by atoms with Gasteiger partial charge in [0.15, 0.2) is 0 Å². The van der Waals surface area contributed by atoms with Crippen LogP contribution >= 0.6 is 11.3 Å². The van der Waals surface area contributed by atoms with Crippen LogP contribution in [0.3, 0.4) is 0 Å². The number of nitrogens with one attached hydrogen (secondary N) is 1. The maximum absolute atomic E-state index is 14.8. The minimum Gasteiger partial charge on any atom is -0.347 e. The van der Waals surface area contributed by atoms with Crippen LogP contribution in [0.2, 0.25) is 0 Å². The number of fused-ring (bicyclic) bond motifs is 3. The number of hydrogen-bond donors (Lipinski definition) is 1. The molecule has 1 amide bonds. The molecule has 1 aromatic carbocycles. The highest BCUT2D eigenvalue weighted by atomic mass is 32.1. The molecule has 2 bridgehead atoms. The molecule has 33 heavy (non-hydrogen) atoms. The number of carbonyl (C=O) groups excluding carboxylic acids is 1. The Morgan fingerprint density at radius 2 is 2.00 bits per heavy atom. The minimum atomic E-state index is -3.49. The lowest BCUT2D eigenvalue weighted by atomic mass is 10.1. The summed E-state index contributed by atoms with van der Waals surface area (Å²) in [7, 11) is 0. The van der Waals surface area contributed by atoms with E-state index in [1.54, 1.807) is 17.6 Å². The van der Waals surface area contributed by atoms with Gasteiger partial charge in [-0.1, -0.05) is 12.1 Å². The molecule has 0 saturated carbocycles. The van der Waals surface area contributed by atoms with Crippen LogP contribution in [-0.4, -0.2) is 58.4 Å². The first-order chi connectivity index (χ1) is 16.0. The van der Waals surface area contributed by atoms with E-state index in [-0.39, 0.29) is 31.7 Å². The molecule has 2 unspecified atom stereocenters. The maximum Gasteiger partial charge on any atom is 0.336 e. The molecule has 5 rings (SSSR count). The first-order valence-electron chi connectivity index (χ1n) is 10.8. The number of aromatic nitrogens is 2. The molecule has 2 aliphatic rings. The first kappa shape index (κ1) is 21.7. The van der Waals surface area contributed by atoms with Gasteiger partial charge in [0.1, 0.15) is 11.9 Å². The molecule has 2 saturated heterocycles. The Morgan fingerprint density at radius 1 is 1.21 bits per heavy atom. The molecular formula is C23H22F2N6OS. The monoisotopic (exact) mass is 468 g/mol. The molecule has 2 fully saturated rings. The quantitative estimate of drug-likeness (QED) is 0.598. The Kier molecular flexibility index (Phi) is 5.68. The number of alkyl halides is 2. The molecule has 1 N–H and O–H groups in total. The second-order valence-corrected chi connectivity index (χ2v) is 9.30. The maximum atomic E-state index is 14.8. The van der Waals surface area contributed by atoms with E-state index in [0.29, 0.717) is 5.56 Å². The zero-order valence-electron chi connectivity index (χ0n) is 17.7. The van der Waals surface area contributed by atoms with E-state index in [1.165, 1.54) is 22.4 Å². The normalized spacial score (nSPS) is 20.3. The Bertz CT molecular complexity index is 1190. The van der Waals surface area contributed by atoms with Gasteiger partial charge in [-0.15, -0.1) is 11.3 Å². The number of nitrogens with zero attached hydrogens (tertiary/aromatic N) is 5. The lowest BCUT2D eigenvalue weighted by Gasteiger charge is -2.42. The first-order valence-corrected chi connectivity index (χ1v) is 11.7. The van der Waals surface area contributed by atoms with Crippen molar-refractivity contribution in [2.75, 3.05) is 24.5 Å². The number of pyridine rings is 1. The number of piperazine rings is 1. The number of nitriles is 1. The zero-order chi connectivity index (χ0) is 23.0. The fourth-order valence-electron chi connectivity index (χ4n) is 4.79. The third kappa shape index (κ3) is 4.14. The number of anilines is 1. The number of thiazole rings is 1. The van der Waals surface area contributed by atoms with E-state index < -0.39 is 18.4 Å². The van der Waals surface area contributed by atoms with E-state index in [9.17, 15) is 13.6 Å². The molecule has 3 aromatic rings. The van der Waals surface area contributed by atoms with Gasteiger partial charge in [-0.05, 0) is 36.6 Å². The van der Waals surface area contributed by atoms with Gasteiger partial charge in [0.25, 0.3) is 5.91 Å². The fourth-order valence-corrected chi connectivity index (χ4v) is 5.60. The second kappa shape index (κ2) is 8.65. The highest BCUT2D eigenvalue weighted by molar-refractivity contribution is 7.16. The van der Waals surface area contributed by atoms with Crippen LogP contribution in [0.5, 0.6) is 0 Å². The van der Waals surface area contributed by atoms with Gasteiger partial charge >= 0.3 is 5.92 Å². The molecule has 2 atom stereocenters. The smallest absolute Gasteiger partial charge is 0.336 e. The zero-order valence-corrected chi connectivity index (χ0v) is 18.6. The lowest BCUT2D eigenvalue weighted by Crippen LogP contribution is -2.59. The topological polar surface area (TPSA) is 85.2 Å². The van der Waals surface area contributed by atoms with Crippen molar-refractivity contribution < 1.29 is 13.6 Å². The van der Waals surface area contributed by atoms with Crippen LogP contribution in [0.25, 0.3) is 10.2 Å². The largest absolute Gasteiger partial charge is 0.347 e. The third-order valence-electron chi connectivity index (χ3n) is 6.32. The summed E-state index contributed by atoms with van der Waals surface area (Å²) in [4.78, 5) is 24.7. The predicted molar refractivity (Wildman–Crippen MR) is 121 cm³/mol. The molecule has 4 heterocycles. The van der Waals surface area contributed by atoms with Crippen LogP contribution < -0.4 is 10.2 Å². The van der Waals surface area contributed by atoms with Crippen LogP contribution in [0.4, 0.5) is 14.6 Å². The summed E-state index contributed by atoms with van der Waals surface area (Å²) in [5.74, 6) is -3.90. The summed E-state index contributed by atoms with van der Waals surface area (Å²) in [5, 5.41) is 11.7. The number of benzene rings is 1. The number of hydrogen-bond acceptors (Lipinski definition) is 7. The Labute approximate surface area is 193 Å². The fraction of sp³-hybridized carbons (Fsp3) is 0.391. The summed E-state index contributed by atoms with van der Waals surface area (Å²) >= 11 is 1.47. The van der Waals surface area contributed by atoms with Crippen molar-refractivity contribution in [1.29, 1.82) is 5.26 Å². The minimum absolute atomic E-state index is 0.0548. The van der Waals surface area contributed by atoms with Gasteiger partial charge in [-0.25, -0.2) is 9.97 Å². The molecular weight excluding hydrogens is 446 g/mol. The second-order valence-electron chi connectivity index (χ2n) is 8.45. The molecule has 0 aliphatic carbocycles. The molecule has 2 aliphatic heterocycles. The van der Waals surface area contributed by atoms with E-state index >= 15 is 0 Å². The van der Waals surface area contributed by atoms with E-state index in [2.05, 4.69) is 20.2 Å². The third-order valence-corrected chi connectivity index (χ3v) is 7.24. The van der Waals surface area contributed by atoms with E-state index in [0.717, 1.165) is 34.4 Å². The van der Waals surface area contributed by atoms with Gasteiger partial charge in [0.05, 0.1) is 27.8 Å². The van der Waals surface area contributed by atoms with Crippen LogP contribution in [-0.2, 0) is 11.3 Å². The molecule has 0 spiro atoms. The van der Waals surface area contributed by atoms with Crippen LogP contribution in [0.1, 0.15) is 24.0 Å². The number of carbonyl (C=O) groups is 1. The summed E-state index contributed by atoms with van der Waals surface area (Å²) < 4.78 is 30.6. The van der Waals surface area contributed by atoms with Gasteiger partial charge in [0.2, 0.25) is 0 Å². The van der Waals surface area contributed by atoms with Crippen molar-refractivity contribution in [3.63, 3.8) is 0 Å². The van der Waals surface area contributed by atoms with Crippen molar-refractivity contribution in [1.82, 2.24) is 20.2 Å². The number of halogens is 2. The summed E-state index contributed by atoms with van der Waals surface area (Å²) in [6, 6.07) is 11.0. The predicted octanol–water partition coefficient (Wildman–Crippen LogP) is 3.17. The van der Waals surface area contributed by atoms with Crippen molar-refractivity contribution in [3.8, 4) is 6.07 Å². The average molecular weight is 469 g/mol. The standard InChI is InChI=1S/C23H22F2N6OS/c24-23(25,13-27-10-16-2-1-3-19-21(16)33-14-29-19)22(32)30-11-17-5-6-18(12-30)31(17)20-7-4-15(8-26)9-28-20/h1-4,7,9,14,17-18,27H,5-6,10-13H2. The highest BCUT2D eigenvalue weighted by Gasteiger charge is 2.48. The van der Waals surface area contributed by atoms with Gasteiger partial charge in [-0.3, -0.25) is 4.79 Å². The van der Waals surface area contributed by atoms with Gasteiger partial charge in [-0.2, -0.15) is 14.0 Å². The highest BCUT2D eigenvalue weighted by Crippen LogP contribution is 2.35. The molecule has 2 aromatic heterocycles. The number of likely N-dealkylation sites (tertiary alicyclic amines) is 1. The van der Waals surface area contributed by atoms with E-state index in [1.807, 2.05) is 24.3 Å². The van der Waals surface area contributed by atoms with Crippen molar-refractivity contribution in [2.45, 2.75) is 37.4 Å². The number of amides is 1. The summed E-state index contributed by atoms with van der Waals surface area (Å²) in [6.07, 6.45) is 3.15. The van der Waals surface area contributed by atoms with E-state index in [4.69, 9.17) is 5.26 Å². The molecule has 0 radical (unpaired) electrons. The number of rotatable bonds is 6. The van der Waals surface area contributed by atoms with Crippen molar-refractivity contribution in [2.24, 2.45) is 0 Å². The van der Waals surface area contributed by atoms with Crippen molar-refractivity contribution >= 4 is 33.3 Å². The molecule has 170 valence electrons. The Morgan fingerprint density at radius 3 is 2.70 bits per heavy atom. The SMILES string of the molecule is N#Cc1ccc(N2C3CCC2CN(C(=O)C(F)(F)CNCc2cccc4ncsc24)C3)nc1. The lowest BCUT2D eigenvalue weighted by molar-refractivity contribution is -0.157. The van der Waals surface area contributed by atoms with Crippen LogP contribution in [0, 0.1) is 11.3 Å². The summed E-state index contributed by atoms with van der Waals surface area (Å²) in [6.45, 7) is 0.0130. The van der Waals surface area contributed by atoms with Gasteiger partial charge in [0, 0.05) is 37.9 Å². The van der Waals surface area contributed by atoms with Crippen molar-refractivity contribution in [3.05, 3.63) is 53.2 Å².